The molecule has 5 heteroatoms. The molecule has 0 spiro atoms. The molecular weight excluding hydrogens is 300 g/mol. The molecule has 0 aliphatic carbocycles. The van der Waals surface area contributed by atoms with E-state index in [1.807, 2.05) is 72.8 Å². The SMILES string of the molecule is O=C(NNc1ccccc1)NC(c1ccccc1)c1cccnc1. The van der Waals surface area contributed by atoms with E-state index in [0.29, 0.717) is 0 Å². The quantitative estimate of drug-likeness (QED) is 0.631. The second-order valence-corrected chi connectivity index (χ2v) is 5.22. The highest BCUT2D eigenvalue weighted by Crippen LogP contribution is 2.20. The highest BCUT2D eigenvalue weighted by Gasteiger charge is 2.16. The molecule has 0 bridgehead atoms. The van der Waals surface area contributed by atoms with Crippen molar-refractivity contribution >= 4 is 11.7 Å². The van der Waals surface area contributed by atoms with Gasteiger partial charge in [0.05, 0.1) is 11.7 Å². The molecule has 1 heterocycles. The van der Waals surface area contributed by atoms with Crippen LogP contribution in [0.1, 0.15) is 17.2 Å². The summed E-state index contributed by atoms with van der Waals surface area (Å²) in [5.74, 6) is 0. The Bertz CT molecular complexity index is 724. The smallest absolute Gasteiger partial charge is 0.326 e. The average molecular weight is 318 g/mol. The van der Waals surface area contributed by atoms with Crippen molar-refractivity contribution < 1.29 is 4.79 Å². The molecular formula is C19H18N4O. The Hall–Kier alpha value is -3.34. The maximum atomic E-state index is 12.3. The summed E-state index contributed by atoms with van der Waals surface area (Å²) in [6.45, 7) is 0. The topological polar surface area (TPSA) is 66.1 Å². The number of carbonyl (C=O) groups is 1. The molecule has 0 fully saturated rings. The van der Waals surface area contributed by atoms with E-state index in [1.54, 1.807) is 12.4 Å². The summed E-state index contributed by atoms with van der Waals surface area (Å²) < 4.78 is 0. The second kappa shape index (κ2) is 7.78. The molecule has 0 saturated carbocycles. The fourth-order valence-corrected chi connectivity index (χ4v) is 2.37. The zero-order chi connectivity index (χ0) is 16.6. The van der Waals surface area contributed by atoms with E-state index < -0.39 is 0 Å². The average Bonchev–Trinajstić information content (AvgIpc) is 2.67. The fraction of sp³-hybridized carbons (Fsp3) is 0.0526. The number of urea groups is 1. The Morgan fingerprint density at radius 3 is 2.17 bits per heavy atom. The Labute approximate surface area is 140 Å². The van der Waals surface area contributed by atoms with Crippen molar-refractivity contribution in [2.24, 2.45) is 0 Å². The summed E-state index contributed by atoms with van der Waals surface area (Å²) in [4.78, 5) is 16.4. The lowest BCUT2D eigenvalue weighted by molar-refractivity contribution is 0.240. The van der Waals surface area contributed by atoms with Crippen LogP contribution in [0.15, 0.2) is 85.2 Å². The van der Waals surface area contributed by atoms with Crippen LogP contribution < -0.4 is 16.2 Å². The van der Waals surface area contributed by atoms with Crippen molar-refractivity contribution in [3.05, 3.63) is 96.3 Å². The van der Waals surface area contributed by atoms with Gasteiger partial charge in [-0.05, 0) is 29.3 Å². The normalized spacial score (nSPS) is 11.3. The molecule has 3 aromatic rings. The zero-order valence-electron chi connectivity index (χ0n) is 13.0. The molecule has 5 nitrogen and oxygen atoms in total. The van der Waals surface area contributed by atoms with Gasteiger partial charge in [0.15, 0.2) is 0 Å². The van der Waals surface area contributed by atoms with E-state index in [1.165, 1.54) is 0 Å². The number of hydrogen-bond donors (Lipinski definition) is 3. The number of nitrogens with zero attached hydrogens (tertiary/aromatic N) is 1. The standard InChI is InChI=1S/C19H18N4O/c24-19(23-22-17-11-5-2-6-12-17)21-18(15-8-3-1-4-9-15)16-10-7-13-20-14-16/h1-14,18,22H,(H2,21,23,24). The first-order valence-electron chi connectivity index (χ1n) is 7.65. The predicted octanol–water partition coefficient (Wildman–Crippen LogP) is 3.50. The summed E-state index contributed by atoms with van der Waals surface area (Å²) in [5, 5.41) is 2.97. The Kier molecular flexibility index (Phi) is 5.04. The van der Waals surface area contributed by atoms with E-state index in [2.05, 4.69) is 21.2 Å². The zero-order valence-corrected chi connectivity index (χ0v) is 13.0. The molecule has 1 unspecified atom stereocenters. The van der Waals surface area contributed by atoms with E-state index in [9.17, 15) is 4.79 Å². The van der Waals surface area contributed by atoms with Gasteiger partial charge in [0.2, 0.25) is 0 Å². The third kappa shape index (κ3) is 4.10. The first-order chi connectivity index (χ1) is 11.8. The molecule has 1 atom stereocenters. The van der Waals surface area contributed by atoms with Crippen LogP contribution in [0.4, 0.5) is 10.5 Å². The van der Waals surface area contributed by atoms with Gasteiger partial charge in [-0.15, -0.1) is 0 Å². The van der Waals surface area contributed by atoms with Gasteiger partial charge in [0, 0.05) is 12.4 Å². The molecule has 2 amide bonds. The summed E-state index contributed by atoms with van der Waals surface area (Å²) in [7, 11) is 0. The number of amides is 2. The minimum Gasteiger partial charge on any atom is -0.326 e. The van der Waals surface area contributed by atoms with Crippen LogP contribution >= 0.6 is 0 Å². The number of nitrogens with one attached hydrogen (secondary N) is 3. The number of hydrogen-bond acceptors (Lipinski definition) is 3. The van der Waals surface area contributed by atoms with Gasteiger partial charge in [-0.3, -0.25) is 15.8 Å². The highest BCUT2D eigenvalue weighted by molar-refractivity contribution is 5.76. The molecule has 120 valence electrons. The van der Waals surface area contributed by atoms with Crippen LogP contribution in [0.25, 0.3) is 0 Å². The number of hydrazine groups is 1. The van der Waals surface area contributed by atoms with Gasteiger partial charge in [-0.2, -0.15) is 0 Å². The van der Waals surface area contributed by atoms with Crippen LogP contribution in [0.2, 0.25) is 0 Å². The van der Waals surface area contributed by atoms with Crippen molar-refractivity contribution in [2.45, 2.75) is 6.04 Å². The lowest BCUT2D eigenvalue weighted by Gasteiger charge is -2.20. The Balaban J connectivity index is 1.71. The van der Waals surface area contributed by atoms with Gasteiger partial charge in [0.25, 0.3) is 0 Å². The summed E-state index contributed by atoms with van der Waals surface area (Å²) in [5.41, 5.74) is 8.24. The van der Waals surface area contributed by atoms with Crippen LogP contribution in [0.3, 0.4) is 0 Å². The maximum absolute atomic E-state index is 12.3. The molecule has 24 heavy (non-hydrogen) atoms. The van der Waals surface area contributed by atoms with Crippen molar-refractivity contribution in [2.75, 3.05) is 5.43 Å². The molecule has 1 aromatic heterocycles. The second-order valence-electron chi connectivity index (χ2n) is 5.22. The summed E-state index contributed by atoms with van der Waals surface area (Å²) >= 11 is 0. The minimum atomic E-state index is -0.323. The van der Waals surface area contributed by atoms with Crippen LogP contribution in [-0.4, -0.2) is 11.0 Å². The van der Waals surface area contributed by atoms with Crippen molar-refractivity contribution in [3.8, 4) is 0 Å². The molecule has 0 radical (unpaired) electrons. The van der Waals surface area contributed by atoms with Crippen molar-refractivity contribution in [3.63, 3.8) is 0 Å². The third-order valence-electron chi connectivity index (χ3n) is 3.52. The summed E-state index contributed by atoms with van der Waals surface area (Å²) in [6, 6.07) is 22.4. The van der Waals surface area contributed by atoms with Crippen LogP contribution in [0.5, 0.6) is 0 Å². The first-order valence-corrected chi connectivity index (χ1v) is 7.65. The van der Waals surface area contributed by atoms with E-state index in [-0.39, 0.29) is 12.1 Å². The number of carbonyl (C=O) groups excluding carboxylic acids is 1. The van der Waals surface area contributed by atoms with Crippen molar-refractivity contribution in [1.82, 2.24) is 15.7 Å². The predicted molar refractivity (Wildman–Crippen MR) is 94.3 cm³/mol. The largest absolute Gasteiger partial charge is 0.334 e. The Morgan fingerprint density at radius 2 is 1.50 bits per heavy atom. The van der Waals surface area contributed by atoms with E-state index >= 15 is 0 Å². The molecule has 0 aliphatic rings. The number of para-hydroxylation sites is 1. The lowest BCUT2D eigenvalue weighted by Crippen LogP contribution is -2.41. The molecule has 0 aliphatic heterocycles. The summed E-state index contributed by atoms with van der Waals surface area (Å²) in [6.07, 6.45) is 3.46. The van der Waals surface area contributed by atoms with E-state index in [0.717, 1.165) is 16.8 Å². The number of anilines is 1. The monoisotopic (exact) mass is 318 g/mol. The maximum Gasteiger partial charge on any atom is 0.334 e. The van der Waals surface area contributed by atoms with Crippen LogP contribution in [0, 0.1) is 0 Å². The molecule has 3 rings (SSSR count). The number of pyridine rings is 1. The molecule has 2 aromatic carbocycles. The third-order valence-corrected chi connectivity index (χ3v) is 3.52. The lowest BCUT2D eigenvalue weighted by atomic mass is 10.0. The number of rotatable bonds is 5. The van der Waals surface area contributed by atoms with Gasteiger partial charge in [-0.1, -0.05) is 54.6 Å². The highest BCUT2D eigenvalue weighted by atomic mass is 16.2. The van der Waals surface area contributed by atoms with Gasteiger partial charge in [-0.25, -0.2) is 4.79 Å². The molecule has 0 saturated heterocycles. The van der Waals surface area contributed by atoms with Gasteiger partial charge >= 0.3 is 6.03 Å². The number of benzene rings is 2. The van der Waals surface area contributed by atoms with Gasteiger partial charge < -0.3 is 5.32 Å². The van der Waals surface area contributed by atoms with Gasteiger partial charge in [0.1, 0.15) is 0 Å². The fourth-order valence-electron chi connectivity index (χ4n) is 2.37. The van der Waals surface area contributed by atoms with Crippen LogP contribution in [-0.2, 0) is 0 Å². The first kappa shape index (κ1) is 15.6. The molecule has 3 N–H and O–H groups in total. The van der Waals surface area contributed by atoms with E-state index in [4.69, 9.17) is 0 Å². The van der Waals surface area contributed by atoms with Crippen molar-refractivity contribution in [1.29, 1.82) is 0 Å². The minimum absolute atomic E-state index is 0.280. The number of aromatic nitrogens is 1. The Morgan fingerprint density at radius 1 is 0.833 bits per heavy atom.